The first-order valence-corrected chi connectivity index (χ1v) is 3.47. The first-order chi connectivity index (χ1) is 5.92. The lowest BCUT2D eigenvalue weighted by Crippen LogP contribution is -1.87. The number of carbonyl (C=O) groups is 1. The summed E-state index contributed by atoms with van der Waals surface area (Å²) in [6, 6.07) is 5.32. The smallest absolute Gasteiger partial charge is 0.298 e. The fourth-order valence-corrected chi connectivity index (χ4v) is 1.14. The standard InChI is InChI=1S/C9H6O3/c10-6-12-9-2-1-7-5-11-4-3-8(7)9/h1-6H. The third-order valence-corrected chi connectivity index (χ3v) is 1.67. The molecule has 0 fully saturated rings. The van der Waals surface area contributed by atoms with Gasteiger partial charge in [-0.3, -0.25) is 4.79 Å². The van der Waals surface area contributed by atoms with Gasteiger partial charge in [-0.05, 0) is 18.2 Å². The molecule has 1 aliphatic carbocycles. The van der Waals surface area contributed by atoms with Crippen LogP contribution in [0.2, 0.25) is 0 Å². The highest BCUT2D eigenvalue weighted by Gasteiger charge is 2.09. The van der Waals surface area contributed by atoms with Crippen LogP contribution >= 0.6 is 0 Å². The number of carbonyl (C=O) groups excluding carboxylic acids is 1. The Morgan fingerprint density at radius 3 is 3.08 bits per heavy atom. The highest BCUT2D eigenvalue weighted by atomic mass is 16.5. The van der Waals surface area contributed by atoms with E-state index in [1.807, 2.05) is 6.07 Å². The fourth-order valence-electron chi connectivity index (χ4n) is 1.14. The van der Waals surface area contributed by atoms with E-state index in [0.717, 1.165) is 11.1 Å². The number of hydrogen-bond acceptors (Lipinski definition) is 3. The Kier molecular flexibility index (Phi) is 1.55. The maximum absolute atomic E-state index is 10.1. The van der Waals surface area contributed by atoms with Crippen LogP contribution in [-0.2, 0) is 4.79 Å². The van der Waals surface area contributed by atoms with E-state index in [4.69, 9.17) is 9.15 Å². The third kappa shape index (κ3) is 0.955. The van der Waals surface area contributed by atoms with Crippen molar-refractivity contribution >= 4 is 6.47 Å². The van der Waals surface area contributed by atoms with Gasteiger partial charge in [0.05, 0.1) is 12.5 Å². The first kappa shape index (κ1) is 6.91. The highest BCUT2D eigenvalue weighted by Crippen LogP contribution is 2.33. The predicted octanol–water partition coefficient (Wildman–Crippen LogP) is 1.92. The third-order valence-electron chi connectivity index (χ3n) is 1.67. The van der Waals surface area contributed by atoms with Crippen LogP contribution in [-0.4, -0.2) is 6.47 Å². The summed E-state index contributed by atoms with van der Waals surface area (Å²) in [7, 11) is 0. The summed E-state index contributed by atoms with van der Waals surface area (Å²) in [6.45, 7) is 0.416. The summed E-state index contributed by atoms with van der Waals surface area (Å²) in [5.41, 5.74) is 1.81. The van der Waals surface area contributed by atoms with E-state index in [0.29, 0.717) is 12.2 Å². The van der Waals surface area contributed by atoms with Gasteiger partial charge in [-0.2, -0.15) is 0 Å². The molecule has 0 saturated carbocycles. The van der Waals surface area contributed by atoms with Crippen LogP contribution in [0.4, 0.5) is 0 Å². The van der Waals surface area contributed by atoms with Gasteiger partial charge >= 0.3 is 0 Å². The molecule has 1 heterocycles. The number of fused-ring (bicyclic) bond motifs is 1. The second-order valence-corrected chi connectivity index (χ2v) is 2.34. The second-order valence-electron chi connectivity index (χ2n) is 2.34. The molecule has 0 atom stereocenters. The summed E-state index contributed by atoms with van der Waals surface area (Å²) in [6.07, 6.45) is 3.15. The van der Waals surface area contributed by atoms with Crippen molar-refractivity contribution in [3.05, 3.63) is 30.7 Å². The van der Waals surface area contributed by atoms with Crippen molar-refractivity contribution in [3.8, 4) is 16.9 Å². The van der Waals surface area contributed by atoms with Crippen LogP contribution in [0.25, 0.3) is 11.1 Å². The molecule has 0 aromatic heterocycles. The summed E-state index contributed by atoms with van der Waals surface area (Å²) in [5.74, 6) is 0.566. The quantitative estimate of drug-likeness (QED) is 0.633. The van der Waals surface area contributed by atoms with Crippen LogP contribution in [0.1, 0.15) is 0 Å². The lowest BCUT2D eigenvalue weighted by Gasteiger charge is -1.98. The van der Waals surface area contributed by atoms with E-state index in [9.17, 15) is 4.79 Å². The average molecular weight is 162 g/mol. The number of ether oxygens (including phenoxy) is 1. The molecule has 0 N–H and O–H groups in total. The van der Waals surface area contributed by atoms with Crippen LogP contribution in [0.5, 0.6) is 5.75 Å². The Labute approximate surface area is 68.9 Å². The van der Waals surface area contributed by atoms with Gasteiger partial charge in [-0.1, -0.05) is 0 Å². The predicted molar refractivity (Wildman–Crippen MR) is 42.0 cm³/mol. The summed E-state index contributed by atoms with van der Waals surface area (Å²) >= 11 is 0. The normalized spacial score (nSPS) is 10.0. The molecule has 0 radical (unpaired) electrons. The number of hydrogen-bond donors (Lipinski definition) is 0. The molecule has 12 heavy (non-hydrogen) atoms. The minimum atomic E-state index is 0.416. The largest absolute Gasteiger partial charge is 0.472 e. The molecular formula is C9H6O3. The summed E-state index contributed by atoms with van der Waals surface area (Å²) < 4.78 is 9.67. The average Bonchev–Trinajstić information content (AvgIpc) is 2.50. The zero-order valence-electron chi connectivity index (χ0n) is 6.19. The molecule has 0 aromatic carbocycles. The van der Waals surface area contributed by atoms with E-state index in [1.165, 1.54) is 0 Å². The minimum absolute atomic E-state index is 0.416. The maximum atomic E-state index is 10.1. The summed E-state index contributed by atoms with van der Waals surface area (Å²) in [4.78, 5) is 10.1. The van der Waals surface area contributed by atoms with Crippen LogP contribution < -0.4 is 4.74 Å². The van der Waals surface area contributed by atoms with E-state index in [-0.39, 0.29) is 0 Å². The van der Waals surface area contributed by atoms with Gasteiger partial charge in [0.25, 0.3) is 6.47 Å². The zero-order chi connectivity index (χ0) is 8.39. The molecule has 0 unspecified atom stereocenters. The van der Waals surface area contributed by atoms with Crippen molar-refractivity contribution in [1.82, 2.24) is 0 Å². The molecule has 0 saturated heterocycles. The van der Waals surface area contributed by atoms with Gasteiger partial charge in [0.15, 0.2) is 0 Å². The van der Waals surface area contributed by atoms with Crippen molar-refractivity contribution in [2.24, 2.45) is 0 Å². The minimum Gasteiger partial charge on any atom is -0.472 e. The monoisotopic (exact) mass is 162 g/mol. The van der Waals surface area contributed by atoms with Crippen LogP contribution in [0.3, 0.4) is 0 Å². The zero-order valence-corrected chi connectivity index (χ0v) is 6.19. The van der Waals surface area contributed by atoms with Crippen molar-refractivity contribution in [2.45, 2.75) is 0 Å². The van der Waals surface area contributed by atoms with Crippen molar-refractivity contribution < 1.29 is 13.9 Å². The maximum Gasteiger partial charge on any atom is 0.298 e. The lowest BCUT2D eigenvalue weighted by atomic mass is 10.2. The number of rotatable bonds is 2. The van der Waals surface area contributed by atoms with E-state index in [1.54, 1.807) is 24.7 Å². The van der Waals surface area contributed by atoms with E-state index >= 15 is 0 Å². The van der Waals surface area contributed by atoms with Gasteiger partial charge in [0, 0.05) is 11.1 Å². The van der Waals surface area contributed by atoms with E-state index in [2.05, 4.69) is 0 Å². The Hall–Kier alpha value is -1.77. The topological polar surface area (TPSA) is 39.4 Å². The summed E-state index contributed by atoms with van der Waals surface area (Å²) in [5, 5.41) is 0. The highest BCUT2D eigenvalue weighted by molar-refractivity contribution is 5.74. The Balaban J connectivity index is 2.52. The molecule has 0 amide bonds. The Morgan fingerprint density at radius 2 is 2.25 bits per heavy atom. The first-order valence-electron chi connectivity index (χ1n) is 3.47. The molecular weight excluding hydrogens is 156 g/mol. The molecule has 0 spiro atoms. The molecule has 2 rings (SSSR count). The molecule has 3 nitrogen and oxygen atoms in total. The van der Waals surface area contributed by atoms with Gasteiger partial charge in [0.2, 0.25) is 0 Å². The molecule has 2 aliphatic rings. The van der Waals surface area contributed by atoms with Gasteiger partial charge < -0.3 is 9.15 Å². The van der Waals surface area contributed by atoms with Crippen LogP contribution in [0, 0.1) is 0 Å². The van der Waals surface area contributed by atoms with Gasteiger partial charge in [-0.15, -0.1) is 0 Å². The lowest BCUT2D eigenvalue weighted by molar-refractivity contribution is -0.120. The van der Waals surface area contributed by atoms with E-state index < -0.39 is 0 Å². The molecule has 3 heteroatoms. The van der Waals surface area contributed by atoms with Crippen LogP contribution in [0.15, 0.2) is 35.1 Å². The molecule has 1 aliphatic heterocycles. The van der Waals surface area contributed by atoms with Gasteiger partial charge in [-0.25, -0.2) is 0 Å². The Morgan fingerprint density at radius 1 is 1.33 bits per heavy atom. The van der Waals surface area contributed by atoms with Crippen molar-refractivity contribution in [2.75, 3.05) is 0 Å². The van der Waals surface area contributed by atoms with Crippen molar-refractivity contribution in [1.29, 1.82) is 0 Å². The van der Waals surface area contributed by atoms with Gasteiger partial charge in [0.1, 0.15) is 5.75 Å². The SMILES string of the molecule is O=COc1ccc2coccc1-2. The molecule has 0 aromatic rings. The molecule has 0 bridgehead atoms. The second kappa shape index (κ2) is 2.70. The Bertz CT molecular complexity index is 364. The van der Waals surface area contributed by atoms with Crippen molar-refractivity contribution in [3.63, 3.8) is 0 Å². The fraction of sp³-hybridized carbons (Fsp3) is 0. The molecule has 60 valence electrons.